The lowest BCUT2D eigenvalue weighted by molar-refractivity contribution is -0.123. The number of halogens is 1. The summed E-state index contributed by atoms with van der Waals surface area (Å²) in [5.74, 6) is 0.765. The van der Waals surface area contributed by atoms with Gasteiger partial charge in [0.15, 0.2) is 0 Å². The number of aromatic nitrogens is 2. The van der Waals surface area contributed by atoms with E-state index in [4.69, 9.17) is 0 Å². The number of aryl methyl sites for hydroxylation is 2. The summed E-state index contributed by atoms with van der Waals surface area (Å²) in [6.45, 7) is 8.08. The Balaban J connectivity index is 2.85. The quantitative estimate of drug-likeness (QED) is 0.853. The summed E-state index contributed by atoms with van der Waals surface area (Å²) in [5.41, 5.74) is 1.90. The van der Waals surface area contributed by atoms with Crippen LogP contribution in [-0.2, 0) is 18.3 Å². The Morgan fingerprint density at radius 1 is 1.44 bits per heavy atom. The molecule has 3 nitrogen and oxygen atoms in total. The molecular weight excluding hydrogens is 268 g/mol. The maximum Gasteiger partial charge on any atom is 0.141 e. The first-order chi connectivity index (χ1) is 7.34. The van der Waals surface area contributed by atoms with Gasteiger partial charge in [-0.1, -0.05) is 20.8 Å². The molecule has 1 atom stereocenters. The molecule has 0 N–H and O–H groups in total. The van der Waals surface area contributed by atoms with Crippen LogP contribution in [0.1, 0.15) is 32.2 Å². The molecule has 0 aromatic carbocycles. The molecule has 0 bridgehead atoms. The van der Waals surface area contributed by atoms with E-state index in [9.17, 15) is 4.79 Å². The Bertz CT molecular complexity index is 396. The fourth-order valence-electron chi connectivity index (χ4n) is 1.57. The van der Waals surface area contributed by atoms with E-state index in [1.165, 1.54) is 0 Å². The highest BCUT2D eigenvalue weighted by molar-refractivity contribution is 9.10. The summed E-state index contributed by atoms with van der Waals surface area (Å²) in [6, 6.07) is 0. The van der Waals surface area contributed by atoms with Crippen molar-refractivity contribution in [2.75, 3.05) is 0 Å². The van der Waals surface area contributed by atoms with Gasteiger partial charge in [0, 0.05) is 19.4 Å². The van der Waals surface area contributed by atoms with E-state index in [0.29, 0.717) is 12.3 Å². The Morgan fingerprint density at radius 2 is 2.00 bits per heavy atom. The molecule has 0 saturated heterocycles. The van der Waals surface area contributed by atoms with Gasteiger partial charge in [-0.2, -0.15) is 5.10 Å². The van der Waals surface area contributed by atoms with E-state index in [2.05, 4.69) is 34.9 Å². The van der Waals surface area contributed by atoms with Gasteiger partial charge in [-0.3, -0.25) is 9.48 Å². The van der Waals surface area contributed by atoms with Gasteiger partial charge in [-0.15, -0.1) is 0 Å². The van der Waals surface area contributed by atoms with Gasteiger partial charge in [0.2, 0.25) is 0 Å². The number of rotatable bonds is 4. The largest absolute Gasteiger partial charge is 0.299 e. The van der Waals surface area contributed by atoms with Crippen molar-refractivity contribution in [3.63, 3.8) is 0 Å². The molecule has 1 aromatic heterocycles. The van der Waals surface area contributed by atoms with Crippen molar-refractivity contribution in [1.82, 2.24) is 9.78 Å². The second kappa shape index (κ2) is 5.13. The minimum Gasteiger partial charge on any atom is -0.299 e. The zero-order valence-electron chi connectivity index (χ0n) is 10.5. The molecule has 0 aliphatic carbocycles. The number of Topliss-reactive ketones (excluding diaryl/α,β-unsaturated/α-hetero) is 1. The molecule has 90 valence electrons. The van der Waals surface area contributed by atoms with Crippen LogP contribution in [0.15, 0.2) is 4.47 Å². The maximum atomic E-state index is 12.0. The van der Waals surface area contributed by atoms with Crippen molar-refractivity contribution >= 4 is 21.7 Å². The molecule has 1 heterocycles. The lowest BCUT2D eigenvalue weighted by Crippen LogP contribution is -2.20. The fourth-order valence-corrected chi connectivity index (χ4v) is 2.05. The molecule has 0 fully saturated rings. The first-order valence-electron chi connectivity index (χ1n) is 5.55. The second-order valence-electron chi connectivity index (χ2n) is 4.65. The number of hydrogen-bond acceptors (Lipinski definition) is 2. The molecule has 4 heteroatoms. The topological polar surface area (TPSA) is 34.9 Å². The molecule has 0 aliphatic heterocycles. The molecule has 1 unspecified atom stereocenters. The number of carbonyl (C=O) groups excluding carboxylic acids is 1. The first-order valence-corrected chi connectivity index (χ1v) is 6.34. The third-order valence-electron chi connectivity index (χ3n) is 3.11. The van der Waals surface area contributed by atoms with Crippen molar-refractivity contribution < 1.29 is 4.79 Å². The Morgan fingerprint density at radius 3 is 2.38 bits per heavy atom. The molecular formula is C12H19BrN2O. The molecule has 16 heavy (non-hydrogen) atoms. The summed E-state index contributed by atoms with van der Waals surface area (Å²) < 4.78 is 2.74. The van der Waals surface area contributed by atoms with Gasteiger partial charge in [-0.25, -0.2) is 0 Å². The van der Waals surface area contributed by atoms with Crippen LogP contribution in [0.5, 0.6) is 0 Å². The van der Waals surface area contributed by atoms with Crippen LogP contribution < -0.4 is 0 Å². The smallest absolute Gasteiger partial charge is 0.141 e. The lowest BCUT2D eigenvalue weighted by atomic mass is 9.91. The van der Waals surface area contributed by atoms with E-state index in [-0.39, 0.29) is 11.7 Å². The predicted octanol–water partition coefficient (Wildman–Crippen LogP) is 2.89. The highest BCUT2D eigenvalue weighted by Crippen LogP contribution is 2.22. The van der Waals surface area contributed by atoms with Crippen LogP contribution in [0.2, 0.25) is 0 Å². The van der Waals surface area contributed by atoms with E-state index in [1.54, 1.807) is 4.68 Å². The average Bonchev–Trinajstić information content (AvgIpc) is 2.43. The van der Waals surface area contributed by atoms with Crippen molar-refractivity contribution in [2.24, 2.45) is 18.9 Å². The molecule has 0 aliphatic rings. The van der Waals surface area contributed by atoms with Gasteiger partial charge in [0.05, 0.1) is 15.9 Å². The molecule has 0 spiro atoms. The summed E-state index contributed by atoms with van der Waals surface area (Å²) in [4.78, 5) is 12.0. The zero-order valence-corrected chi connectivity index (χ0v) is 12.1. The van der Waals surface area contributed by atoms with Crippen LogP contribution in [-0.4, -0.2) is 15.6 Å². The SMILES string of the molecule is Cc1nn(C)c(CC(=O)C(C)C(C)C)c1Br. The van der Waals surface area contributed by atoms with Crippen LogP contribution in [0, 0.1) is 18.8 Å². The molecule has 1 rings (SSSR count). The molecule has 0 saturated carbocycles. The number of ketones is 1. The summed E-state index contributed by atoms with van der Waals surface area (Å²) in [5, 5.41) is 4.29. The Kier molecular flexibility index (Phi) is 4.30. The summed E-state index contributed by atoms with van der Waals surface area (Å²) in [7, 11) is 1.88. The first kappa shape index (κ1) is 13.4. The van der Waals surface area contributed by atoms with Crippen LogP contribution in [0.3, 0.4) is 0 Å². The zero-order chi connectivity index (χ0) is 12.5. The van der Waals surface area contributed by atoms with Gasteiger partial charge in [0.25, 0.3) is 0 Å². The van der Waals surface area contributed by atoms with Crippen molar-refractivity contribution in [1.29, 1.82) is 0 Å². The summed E-state index contributed by atoms with van der Waals surface area (Å²) >= 11 is 3.48. The van der Waals surface area contributed by atoms with Crippen molar-refractivity contribution in [3.05, 3.63) is 15.9 Å². The number of nitrogens with zero attached hydrogens (tertiary/aromatic N) is 2. The molecule has 0 amide bonds. The minimum atomic E-state index is 0.0992. The van der Waals surface area contributed by atoms with Crippen molar-refractivity contribution in [3.8, 4) is 0 Å². The highest BCUT2D eigenvalue weighted by Gasteiger charge is 2.20. The standard InChI is InChI=1S/C12H19BrN2O/c1-7(2)8(3)11(16)6-10-12(13)9(4)14-15(10)5/h7-8H,6H2,1-5H3. The third kappa shape index (κ3) is 2.73. The maximum absolute atomic E-state index is 12.0. The number of hydrogen-bond donors (Lipinski definition) is 0. The minimum absolute atomic E-state index is 0.0992. The average molecular weight is 287 g/mol. The van der Waals surface area contributed by atoms with Crippen LogP contribution in [0.25, 0.3) is 0 Å². The van der Waals surface area contributed by atoms with E-state index in [1.807, 2.05) is 20.9 Å². The second-order valence-corrected chi connectivity index (χ2v) is 5.44. The van der Waals surface area contributed by atoms with Gasteiger partial charge >= 0.3 is 0 Å². The van der Waals surface area contributed by atoms with Gasteiger partial charge < -0.3 is 0 Å². The van der Waals surface area contributed by atoms with E-state index >= 15 is 0 Å². The normalized spacial score (nSPS) is 13.2. The number of carbonyl (C=O) groups is 1. The summed E-state index contributed by atoms with van der Waals surface area (Å²) in [6.07, 6.45) is 0.456. The Labute approximate surface area is 105 Å². The third-order valence-corrected chi connectivity index (χ3v) is 4.14. The monoisotopic (exact) mass is 286 g/mol. The lowest BCUT2D eigenvalue weighted by Gasteiger charge is -2.14. The predicted molar refractivity (Wildman–Crippen MR) is 68.4 cm³/mol. The van der Waals surface area contributed by atoms with Crippen LogP contribution >= 0.6 is 15.9 Å². The highest BCUT2D eigenvalue weighted by atomic mass is 79.9. The van der Waals surface area contributed by atoms with Gasteiger partial charge in [-0.05, 0) is 28.8 Å². The Hall–Kier alpha value is -0.640. The van der Waals surface area contributed by atoms with Crippen LogP contribution in [0.4, 0.5) is 0 Å². The van der Waals surface area contributed by atoms with E-state index in [0.717, 1.165) is 15.9 Å². The van der Waals surface area contributed by atoms with E-state index < -0.39 is 0 Å². The molecule has 0 radical (unpaired) electrons. The fraction of sp³-hybridized carbons (Fsp3) is 0.667. The molecule has 1 aromatic rings. The van der Waals surface area contributed by atoms with Crippen molar-refractivity contribution in [2.45, 2.75) is 34.1 Å². The van der Waals surface area contributed by atoms with Gasteiger partial charge in [0.1, 0.15) is 5.78 Å².